The van der Waals surface area contributed by atoms with Gasteiger partial charge in [-0.25, -0.2) is 0 Å². The van der Waals surface area contributed by atoms with Crippen LogP contribution in [0.15, 0.2) is 0 Å². The van der Waals surface area contributed by atoms with Gasteiger partial charge in [-0.2, -0.15) is 0 Å². The minimum absolute atomic E-state index is 0.199. The molecular weight excluding hydrogens is 208 g/mol. The molecule has 0 aromatic carbocycles. The van der Waals surface area contributed by atoms with Gasteiger partial charge in [-0.05, 0) is 19.3 Å². The zero-order chi connectivity index (χ0) is 12.8. The molecule has 5 nitrogen and oxygen atoms in total. The second kappa shape index (κ2) is 6.48. The van der Waals surface area contributed by atoms with Crippen molar-refractivity contribution in [3.05, 3.63) is 0 Å². The van der Waals surface area contributed by atoms with Crippen molar-refractivity contribution in [2.45, 2.75) is 45.6 Å². The predicted molar refractivity (Wildman–Crippen MR) is 61.9 cm³/mol. The highest BCUT2D eigenvalue weighted by Crippen LogP contribution is 2.11. The average molecular weight is 230 g/mol. The number of hydrogen-bond acceptors (Lipinski definition) is 3. The second-order valence-corrected chi connectivity index (χ2v) is 4.15. The van der Waals surface area contributed by atoms with Crippen molar-refractivity contribution in [2.24, 2.45) is 11.7 Å². The highest BCUT2D eigenvalue weighted by atomic mass is 16.4. The van der Waals surface area contributed by atoms with Gasteiger partial charge in [0, 0.05) is 6.54 Å². The average Bonchev–Trinajstić information content (AvgIpc) is 2.27. The molecule has 94 valence electrons. The van der Waals surface area contributed by atoms with Crippen molar-refractivity contribution in [3.63, 3.8) is 0 Å². The van der Waals surface area contributed by atoms with E-state index in [0.29, 0.717) is 25.8 Å². The summed E-state index contributed by atoms with van der Waals surface area (Å²) in [6.45, 7) is 5.70. The number of hydrogen-bond donors (Lipinski definition) is 3. The summed E-state index contributed by atoms with van der Waals surface area (Å²) in [5.41, 5.74) is 5.06. The van der Waals surface area contributed by atoms with Gasteiger partial charge in [0.25, 0.3) is 0 Å². The van der Waals surface area contributed by atoms with Gasteiger partial charge in [0.1, 0.15) is 0 Å². The molecule has 1 unspecified atom stereocenters. The number of carbonyl (C=O) groups excluding carboxylic acids is 1. The summed E-state index contributed by atoms with van der Waals surface area (Å²) < 4.78 is 0. The first kappa shape index (κ1) is 14.9. The van der Waals surface area contributed by atoms with Crippen molar-refractivity contribution in [3.8, 4) is 0 Å². The molecule has 0 heterocycles. The van der Waals surface area contributed by atoms with Crippen molar-refractivity contribution in [1.29, 1.82) is 0 Å². The molecule has 0 saturated heterocycles. The Bertz CT molecular complexity index is 250. The molecule has 16 heavy (non-hydrogen) atoms. The third-order valence-electron chi connectivity index (χ3n) is 3.00. The molecule has 0 aliphatic carbocycles. The summed E-state index contributed by atoms with van der Waals surface area (Å²) in [4.78, 5) is 22.2. The van der Waals surface area contributed by atoms with Gasteiger partial charge in [0.05, 0.1) is 11.5 Å². The highest BCUT2D eigenvalue weighted by Gasteiger charge is 2.29. The van der Waals surface area contributed by atoms with Gasteiger partial charge in [0.2, 0.25) is 5.91 Å². The van der Waals surface area contributed by atoms with Crippen LogP contribution >= 0.6 is 0 Å². The SMILES string of the molecule is CCC(N)(CC)C(=O)NCCC(C)C(=O)O. The first-order chi connectivity index (χ1) is 7.37. The number of nitrogens with two attached hydrogens (primary N) is 1. The Morgan fingerprint density at radius 3 is 2.25 bits per heavy atom. The van der Waals surface area contributed by atoms with E-state index in [1.54, 1.807) is 6.92 Å². The summed E-state index contributed by atoms with van der Waals surface area (Å²) >= 11 is 0. The summed E-state index contributed by atoms with van der Waals surface area (Å²) in [6.07, 6.45) is 1.57. The van der Waals surface area contributed by atoms with Gasteiger partial charge in [-0.15, -0.1) is 0 Å². The number of carbonyl (C=O) groups is 2. The maximum atomic E-state index is 11.7. The fraction of sp³-hybridized carbons (Fsp3) is 0.818. The summed E-state index contributed by atoms with van der Waals surface area (Å²) in [5.74, 6) is -1.50. The number of amides is 1. The van der Waals surface area contributed by atoms with Crippen LogP contribution in [0.2, 0.25) is 0 Å². The summed E-state index contributed by atoms with van der Waals surface area (Å²) in [5, 5.41) is 11.3. The Labute approximate surface area is 96.4 Å². The third kappa shape index (κ3) is 4.18. The molecule has 0 aromatic rings. The maximum absolute atomic E-state index is 11.7. The van der Waals surface area contributed by atoms with E-state index in [4.69, 9.17) is 10.8 Å². The minimum atomic E-state index is -0.848. The van der Waals surface area contributed by atoms with Gasteiger partial charge in [-0.1, -0.05) is 20.8 Å². The highest BCUT2D eigenvalue weighted by molar-refractivity contribution is 5.85. The monoisotopic (exact) mass is 230 g/mol. The Kier molecular flexibility index (Phi) is 6.03. The van der Waals surface area contributed by atoms with Crippen LogP contribution < -0.4 is 11.1 Å². The molecule has 0 spiro atoms. The first-order valence-electron chi connectivity index (χ1n) is 5.67. The molecule has 0 saturated carbocycles. The molecule has 0 aliphatic rings. The fourth-order valence-electron chi connectivity index (χ4n) is 1.27. The van der Waals surface area contributed by atoms with E-state index >= 15 is 0 Å². The molecular formula is C11H22N2O3. The van der Waals surface area contributed by atoms with Crippen LogP contribution in [0, 0.1) is 5.92 Å². The number of rotatable bonds is 7. The quantitative estimate of drug-likeness (QED) is 0.601. The molecule has 0 aromatic heterocycles. The van der Waals surface area contributed by atoms with Crippen molar-refractivity contribution in [1.82, 2.24) is 5.32 Å². The van der Waals surface area contributed by atoms with E-state index in [9.17, 15) is 9.59 Å². The molecule has 1 atom stereocenters. The van der Waals surface area contributed by atoms with Crippen molar-refractivity contribution in [2.75, 3.05) is 6.54 Å². The standard InChI is InChI=1S/C11H22N2O3/c1-4-11(12,5-2)10(16)13-7-6-8(3)9(14)15/h8H,4-7,12H2,1-3H3,(H,13,16)(H,14,15). The Morgan fingerprint density at radius 2 is 1.88 bits per heavy atom. The van der Waals surface area contributed by atoms with E-state index in [0.717, 1.165) is 0 Å². The second-order valence-electron chi connectivity index (χ2n) is 4.15. The molecule has 0 radical (unpaired) electrons. The van der Waals surface area contributed by atoms with Crippen LogP contribution in [-0.2, 0) is 9.59 Å². The molecule has 4 N–H and O–H groups in total. The van der Waals surface area contributed by atoms with E-state index in [1.807, 2.05) is 13.8 Å². The van der Waals surface area contributed by atoms with Gasteiger partial charge in [0.15, 0.2) is 0 Å². The van der Waals surface area contributed by atoms with Crippen molar-refractivity contribution >= 4 is 11.9 Å². The van der Waals surface area contributed by atoms with Gasteiger partial charge >= 0.3 is 5.97 Å². The van der Waals surface area contributed by atoms with Crippen LogP contribution in [0.4, 0.5) is 0 Å². The van der Waals surface area contributed by atoms with Crippen LogP contribution in [-0.4, -0.2) is 29.1 Å². The topological polar surface area (TPSA) is 92.4 Å². The molecule has 0 aliphatic heterocycles. The van der Waals surface area contributed by atoms with E-state index in [1.165, 1.54) is 0 Å². The summed E-state index contributed by atoms with van der Waals surface area (Å²) in [6, 6.07) is 0. The Balaban J connectivity index is 4.03. The molecule has 0 fully saturated rings. The van der Waals surface area contributed by atoms with Crippen LogP contribution in [0.5, 0.6) is 0 Å². The number of carboxylic acids is 1. The number of aliphatic carboxylic acids is 1. The number of carboxylic acid groups (broad SMARTS) is 1. The molecule has 5 heteroatoms. The smallest absolute Gasteiger partial charge is 0.306 e. The van der Waals surface area contributed by atoms with Gasteiger partial charge < -0.3 is 16.2 Å². The maximum Gasteiger partial charge on any atom is 0.306 e. The lowest BCUT2D eigenvalue weighted by atomic mass is 9.93. The Morgan fingerprint density at radius 1 is 1.38 bits per heavy atom. The van der Waals surface area contributed by atoms with E-state index in [2.05, 4.69) is 5.32 Å². The van der Waals surface area contributed by atoms with Gasteiger partial charge in [-0.3, -0.25) is 9.59 Å². The lowest BCUT2D eigenvalue weighted by Crippen LogP contribution is -2.53. The van der Waals surface area contributed by atoms with Crippen LogP contribution in [0.25, 0.3) is 0 Å². The van der Waals surface area contributed by atoms with E-state index in [-0.39, 0.29) is 5.91 Å². The molecule has 0 rings (SSSR count). The van der Waals surface area contributed by atoms with Crippen molar-refractivity contribution < 1.29 is 14.7 Å². The predicted octanol–water partition coefficient (Wildman–Crippen LogP) is 0.731. The molecule has 1 amide bonds. The van der Waals surface area contributed by atoms with Crippen LogP contribution in [0.3, 0.4) is 0 Å². The lowest BCUT2D eigenvalue weighted by Gasteiger charge is -2.25. The zero-order valence-corrected chi connectivity index (χ0v) is 10.2. The largest absolute Gasteiger partial charge is 0.481 e. The normalized spacial score (nSPS) is 13.2. The molecule has 0 bridgehead atoms. The Hall–Kier alpha value is -1.10. The zero-order valence-electron chi connectivity index (χ0n) is 10.2. The summed E-state index contributed by atoms with van der Waals surface area (Å²) in [7, 11) is 0. The lowest BCUT2D eigenvalue weighted by molar-refractivity contribution is -0.141. The van der Waals surface area contributed by atoms with Crippen LogP contribution in [0.1, 0.15) is 40.0 Å². The van der Waals surface area contributed by atoms with E-state index < -0.39 is 17.4 Å². The fourth-order valence-corrected chi connectivity index (χ4v) is 1.27. The first-order valence-corrected chi connectivity index (χ1v) is 5.67. The number of nitrogens with one attached hydrogen (secondary N) is 1. The minimum Gasteiger partial charge on any atom is -0.481 e. The third-order valence-corrected chi connectivity index (χ3v) is 3.00.